The van der Waals surface area contributed by atoms with E-state index >= 15 is 0 Å². The van der Waals surface area contributed by atoms with Crippen LogP contribution >= 0.6 is 0 Å². The third-order valence-electron chi connectivity index (χ3n) is 3.41. The number of aryl methyl sites for hydroxylation is 2. The molecule has 0 bridgehead atoms. The van der Waals surface area contributed by atoms with E-state index in [1.807, 2.05) is 19.1 Å². The minimum Gasteiger partial charge on any atom is -0.326 e. The van der Waals surface area contributed by atoms with E-state index in [1.165, 1.54) is 5.56 Å². The monoisotopic (exact) mass is 247 g/mol. The van der Waals surface area contributed by atoms with Gasteiger partial charge in [-0.15, -0.1) is 0 Å². The molecule has 1 rings (SSSR count). The first kappa shape index (κ1) is 14.7. The molecule has 0 heterocycles. The molecule has 1 aromatic carbocycles. The number of hydrogen-bond acceptors (Lipinski definition) is 1. The predicted molar refractivity (Wildman–Crippen MR) is 77.9 cm³/mol. The van der Waals surface area contributed by atoms with Gasteiger partial charge in [0, 0.05) is 11.6 Å². The highest BCUT2D eigenvalue weighted by Crippen LogP contribution is 2.19. The highest BCUT2D eigenvalue weighted by molar-refractivity contribution is 5.93. The average molecular weight is 247 g/mol. The quantitative estimate of drug-likeness (QED) is 0.790. The van der Waals surface area contributed by atoms with Crippen LogP contribution in [0.4, 0.5) is 5.69 Å². The first-order chi connectivity index (χ1) is 8.58. The number of amides is 1. The van der Waals surface area contributed by atoms with E-state index in [9.17, 15) is 4.79 Å². The van der Waals surface area contributed by atoms with Crippen LogP contribution in [-0.2, 0) is 4.79 Å². The molecule has 1 aromatic rings. The Morgan fingerprint density at radius 2 is 2.00 bits per heavy atom. The molecule has 0 fully saturated rings. The van der Waals surface area contributed by atoms with Crippen LogP contribution in [0.3, 0.4) is 0 Å². The smallest absolute Gasteiger partial charge is 0.227 e. The molecular weight excluding hydrogens is 222 g/mol. The van der Waals surface area contributed by atoms with Crippen LogP contribution < -0.4 is 5.32 Å². The van der Waals surface area contributed by atoms with Crippen molar-refractivity contribution < 1.29 is 4.79 Å². The zero-order chi connectivity index (χ0) is 13.5. The SMILES string of the molecule is CCCC[C@@H](CC)C(=O)Nc1ccc(C)cc1C. The Balaban J connectivity index is 2.67. The van der Waals surface area contributed by atoms with Gasteiger partial charge < -0.3 is 5.32 Å². The third-order valence-corrected chi connectivity index (χ3v) is 3.41. The fraction of sp³-hybridized carbons (Fsp3) is 0.562. The van der Waals surface area contributed by atoms with Crippen molar-refractivity contribution in [3.63, 3.8) is 0 Å². The van der Waals surface area contributed by atoms with Gasteiger partial charge in [-0.25, -0.2) is 0 Å². The lowest BCUT2D eigenvalue weighted by molar-refractivity contribution is -0.120. The van der Waals surface area contributed by atoms with E-state index in [4.69, 9.17) is 0 Å². The second-order valence-electron chi connectivity index (χ2n) is 5.06. The van der Waals surface area contributed by atoms with Crippen molar-refractivity contribution in [2.75, 3.05) is 5.32 Å². The topological polar surface area (TPSA) is 29.1 Å². The Morgan fingerprint density at radius 1 is 1.28 bits per heavy atom. The molecular formula is C16H25NO. The molecule has 1 N–H and O–H groups in total. The van der Waals surface area contributed by atoms with Gasteiger partial charge in [0.2, 0.25) is 5.91 Å². The first-order valence-electron chi connectivity index (χ1n) is 6.96. The second-order valence-corrected chi connectivity index (χ2v) is 5.06. The van der Waals surface area contributed by atoms with E-state index in [2.05, 4.69) is 32.2 Å². The number of carbonyl (C=O) groups is 1. The molecule has 0 aliphatic rings. The maximum Gasteiger partial charge on any atom is 0.227 e. The summed E-state index contributed by atoms with van der Waals surface area (Å²) in [5.41, 5.74) is 3.30. The summed E-state index contributed by atoms with van der Waals surface area (Å²) in [6.45, 7) is 8.35. The molecule has 0 unspecified atom stereocenters. The first-order valence-corrected chi connectivity index (χ1v) is 6.96. The summed E-state index contributed by atoms with van der Waals surface area (Å²) in [5, 5.41) is 3.06. The standard InChI is InChI=1S/C16H25NO/c1-5-7-8-14(6-2)16(18)17-15-10-9-12(3)11-13(15)4/h9-11,14H,5-8H2,1-4H3,(H,17,18)/t14-/m1/s1. The summed E-state index contributed by atoms with van der Waals surface area (Å²) in [7, 11) is 0. The number of nitrogens with one attached hydrogen (secondary N) is 1. The Labute approximate surface area is 111 Å². The number of carbonyl (C=O) groups excluding carboxylic acids is 1. The van der Waals surface area contributed by atoms with Gasteiger partial charge in [0.25, 0.3) is 0 Å². The van der Waals surface area contributed by atoms with Crippen LogP contribution in [0, 0.1) is 19.8 Å². The normalized spacial score (nSPS) is 12.2. The van der Waals surface area contributed by atoms with Gasteiger partial charge in [0.05, 0.1) is 0 Å². The van der Waals surface area contributed by atoms with Gasteiger partial charge >= 0.3 is 0 Å². The molecule has 0 radical (unpaired) electrons. The largest absolute Gasteiger partial charge is 0.326 e. The number of benzene rings is 1. The summed E-state index contributed by atoms with van der Waals surface area (Å²) in [6, 6.07) is 6.13. The van der Waals surface area contributed by atoms with Crippen molar-refractivity contribution >= 4 is 11.6 Å². The Morgan fingerprint density at radius 3 is 2.56 bits per heavy atom. The number of rotatable bonds is 6. The van der Waals surface area contributed by atoms with Crippen LogP contribution in [0.25, 0.3) is 0 Å². The lowest BCUT2D eigenvalue weighted by Crippen LogP contribution is -2.22. The number of unbranched alkanes of at least 4 members (excludes halogenated alkanes) is 1. The summed E-state index contributed by atoms with van der Waals surface area (Å²) < 4.78 is 0. The van der Waals surface area contributed by atoms with Crippen LogP contribution in [0.5, 0.6) is 0 Å². The van der Waals surface area contributed by atoms with Gasteiger partial charge in [-0.1, -0.05) is 44.4 Å². The van der Waals surface area contributed by atoms with Crippen LogP contribution in [0.15, 0.2) is 18.2 Å². The molecule has 1 amide bonds. The minimum atomic E-state index is 0.144. The highest BCUT2D eigenvalue weighted by atomic mass is 16.1. The van der Waals surface area contributed by atoms with Crippen LogP contribution in [0.2, 0.25) is 0 Å². The molecule has 2 nitrogen and oxygen atoms in total. The van der Waals surface area contributed by atoms with E-state index in [1.54, 1.807) is 0 Å². The van der Waals surface area contributed by atoms with E-state index in [0.29, 0.717) is 0 Å². The molecule has 18 heavy (non-hydrogen) atoms. The summed E-state index contributed by atoms with van der Waals surface area (Å²) in [5.74, 6) is 0.309. The van der Waals surface area contributed by atoms with Gasteiger partial charge in [0.15, 0.2) is 0 Å². The second kappa shape index (κ2) is 7.20. The molecule has 0 saturated heterocycles. The molecule has 0 aliphatic heterocycles. The molecule has 0 saturated carbocycles. The average Bonchev–Trinajstić information content (AvgIpc) is 2.34. The van der Waals surface area contributed by atoms with Gasteiger partial charge in [-0.3, -0.25) is 4.79 Å². The maximum atomic E-state index is 12.2. The van der Waals surface area contributed by atoms with Crippen molar-refractivity contribution in [1.29, 1.82) is 0 Å². The molecule has 2 heteroatoms. The fourth-order valence-electron chi connectivity index (χ4n) is 2.16. The lowest BCUT2D eigenvalue weighted by atomic mass is 9.98. The van der Waals surface area contributed by atoms with Crippen molar-refractivity contribution in [3.8, 4) is 0 Å². The molecule has 100 valence electrons. The van der Waals surface area contributed by atoms with Crippen molar-refractivity contribution in [2.45, 2.75) is 53.4 Å². The molecule has 0 aromatic heterocycles. The zero-order valence-electron chi connectivity index (χ0n) is 12.0. The molecule has 1 atom stereocenters. The predicted octanol–water partition coefficient (Wildman–Crippen LogP) is 4.46. The number of hydrogen-bond donors (Lipinski definition) is 1. The molecule has 0 spiro atoms. The fourth-order valence-corrected chi connectivity index (χ4v) is 2.16. The Kier molecular flexibility index (Phi) is 5.90. The maximum absolute atomic E-state index is 12.2. The summed E-state index contributed by atoms with van der Waals surface area (Å²) in [6.07, 6.45) is 4.17. The van der Waals surface area contributed by atoms with Gasteiger partial charge in [-0.2, -0.15) is 0 Å². The third kappa shape index (κ3) is 4.17. The minimum absolute atomic E-state index is 0.144. The zero-order valence-corrected chi connectivity index (χ0v) is 12.0. The van der Waals surface area contributed by atoms with Crippen molar-refractivity contribution in [1.82, 2.24) is 0 Å². The van der Waals surface area contributed by atoms with Gasteiger partial charge in [-0.05, 0) is 38.3 Å². The lowest BCUT2D eigenvalue weighted by Gasteiger charge is -2.16. The van der Waals surface area contributed by atoms with Crippen LogP contribution in [0.1, 0.15) is 50.7 Å². The Hall–Kier alpha value is -1.31. The Bertz CT molecular complexity index is 398. The van der Waals surface area contributed by atoms with Gasteiger partial charge in [0.1, 0.15) is 0 Å². The van der Waals surface area contributed by atoms with Crippen molar-refractivity contribution in [2.24, 2.45) is 5.92 Å². The van der Waals surface area contributed by atoms with Crippen molar-refractivity contribution in [3.05, 3.63) is 29.3 Å². The highest BCUT2D eigenvalue weighted by Gasteiger charge is 2.16. The van der Waals surface area contributed by atoms with Crippen LogP contribution in [-0.4, -0.2) is 5.91 Å². The van der Waals surface area contributed by atoms with E-state index in [-0.39, 0.29) is 11.8 Å². The van der Waals surface area contributed by atoms with E-state index in [0.717, 1.165) is 36.9 Å². The summed E-state index contributed by atoms with van der Waals surface area (Å²) >= 11 is 0. The summed E-state index contributed by atoms with van der Waals surface area (Å²) in [4.78, 5) is 12.2. The van der Waals surface area contributed by atoms with E-state index < -0.39 is 0 Å². The number of anilines is 1. The molecule has 0 aliphatic carbocycles.